The molecule has 0 unspecified atom stereocenters. The van der Waals surface area contributed by atoms with Gasteiger partial charge in [0.2, 0.25) is 0 Å². The summed E-state index contributed by atoms with van der Waals surface area (Å²) in [7, 11) is 0. The first-order chi connectivity index (χ1) is 7.69. The maximum Gasteiger partial charge on any atom is 0.185 e. The average Bonchev–Trinajstić information content (AvgIpc) is 2.28. The number of halogens is 2. The van der Waals surface area contributed by atoms with Crippen LogP contribution in [0.4, 0.5) is 0 Å². The Morgan fingerprint density at radius 3 is 1.69 bits per heavy atom. The van der Waals surface area contributed by atoms with Crippen molar-refractivity contribution in [3.05, 3.63) is 23.3 Å². The van der Waals surface area contributed by atoms with Gasteiger partial charge in [-0.2, -0.15) is 0 Å². The monoisotopic (exact) mass is 260 g/mol. The van der Waals surface area contributed by atoms with Crippen molar-refractivity contribution in [2.75, 3.05) is 11.8 Å². The summed E-state index contributed by atoms with van der Waals surface area (Å²) in [6.45, 7) is 0. The Balaban J connectivity index is 2.68. The summed E-state index contributed by atoms with van der Waals surface area (Å²) in [5, 5.41) is 0. The average molecular weight is 261 g/mol. The van der Waals surface area contributed by atoms with Gasteiger partial charge >= 0.3 is 0 Å². The molecule has 0 aromatic heterocycles. The van der Waals surface area contributed by atoms with Gasteiger partial charge in [-0.05, 0) is 37.8 Å². The topological polar surface area (TPSA) is 34.1 Å². The number of rotatable bonds is 6. The molecule has 0 atom stereocenters. The van der Waals surface area contributed by atoms with E-state index in [1.807, 2.05) is 0 Å². The first kappa shape index (κ1) is 13.5. The van der Waals surface area contributed by atoms with Crippen molar-refractivity contribution in [2.24, 2.45) is 0 Å². The van der Waals surface area contributed by atoms with Gasteiger partial charge in [-0.3, -0.25) is 9.59 Å². The lowest BCUT2D eigenvalue weighted by atomic mass is 9.91. The van der Waals surface area contributed by atoms with Crippen LogP contribution in [0.3, 0.4) is 0 Å². The molecule has 4 heteroatoms. The number of carbonyl (C=O) groups excluding carboxylic acids is 2. The minimum absolute atomic E-state index is 0.0187. The Morgan fingerprint density at radius 2 is 1.31 bits per heavy atom. The number of hydrogen-bond donors (Lipinski definition) is 0. The van der Waals surface area contributed by atoms with Crippen molar-refractivity contribution in [1.82, 2.24) is 0 Å². The molecule has 0 heterocycles. The van der Waals surface area contributed by atoms with E-state index in [0.717, 1.165) is 12.8 Å². The van der Waals surface area contributed by atoms with Crippen LogP contribution in [0.2, 0.25) is 0 Å². The van der Waals surface area contributed by atoms with E-state index < -0.39 is 0 Å². The molecule has 0 radical (unpaired) electrons. The fourth-order valence-corrected chi connectivity index (χ4v) is 1.88. The Hall–Kier alpha value is -0.600. The molecule has 1 rings (SSSR count). The minimum Gasteiger partial charge on any atom is -0.290 e. The molecule has 0 saturated heterocycles. The second kappa shape index (κ2) is 6.87. The molecule has 0 saturated carbocycles. The Kier molecular flexibility index (Phi) is 5.78. The van der Waals surface area contributed by atoms with Crippen LogP contribution in [-0.2, 0) is 9.59 Å². The van der Waals surface area contributed by atoms with Crippen LogP contribution in [-0.4, -0.2) is 23.3 Å². The molecule has 0 fully saturated rings. The van der Waals surface area contributed by atoms with Crippen LogP contribution in [0, 0.1) is 0 Å². The predicted molar refractivity (Wildman–Crippen MR) is 66.1 cm³/mol. The maximum absolute atomic E-state index is 11.9. The van der Waals surface area contributed by atoms with E-state index in [9.17, 15) is 9.59 Å². The Morgan fingerprint density at radius 1 is 0.875 bits per heavy atom. The van der Waals surface area contributed by atoms with E-state index in [0.29, 0.717) is 35.7 Å². The zero-order valence-corrected chi connectivity index (χ0v) is 10.5. The van der Waals surface area contributed by atoms with E-state index in [-0.39, 0.29) is 11.6 Å². The molecule has 88 valence electrons. The summed E-state index contributed by atoms with van der Waals surface area (Å²) >= 11 is 11.1. The molecule has 0 amide bonds. The maximum atomic E-state index is 11.9. The van der Waals surface area contributed by atoms with Crippen molar-refractivity contribution in [3.8, 4) is 0 Å². The van der Waals surface area contributed by atoms with Crippen molar-refractivity contribution < 1.29 is 9.59 Å². The number of alkyl halides is 2. The van der Waals surface area contributed by atoms with Crippen LogP contribution in [0.5, 0.6) is 0 Å². The van der Waals surface area contributed by atoms with Crippen molar-refractivity contribution in [2.45, 2.75) is 25.7 Å². The number of hydrogen-bond acceptors (Lipinski definition) is 2. The predicted octanol–water partition coefficient (Wildman–Crippen LogP) is 3.03. The normalized spacial score (nSPS) is 16.1. The molecule has 16 heavy (non-hydrogen) atoms. The number of allylic oxidation sites excluding steroid dienone is 4. The third kappa shape index (κ3) is 3.76. The highest BCUT2D eigenvalue weighted by Crippen LogP contribution is 2.21. The quantitative estimate of drug-likeness (QED) is 0.544. The smallest absolute Gasteiger partial charge is 0.185 e. The second-order valence-corrected chi connectivity index (χ2v) is 4.41. The lowest BCUT2D eigenvalue weighted by Gasteiger charge is -2.12. The highest BCUT2D eigenvalue weighted by Gasteiger charge is 2.20. The summed E-state index contributed by atoms with van der Waals surface area (Å²) in [4.78, 5) is 23.3. The highest BCUT2D eigenvalue weighted by molar-refractivity contribution is 6.21. The van der Waals surface area contributed by atoms with Crippen LogP contribution in [0.25, 0.3) is 0 Å². The molecular weight excluding hydrogens is 247 g/mol. The van der Waals surface area contributed by atoms with E-state index in [1.165, 1.54) is 12.2 Å². The molecule has 0 bridgehead atoms. The molecular formula is C12H14Cl2O2. The van der Waals surface area contributed by atoms with Gasteiger partial charge in [0.1, 0.15) is 0 Å². The van der Waals surface area contributed by atoms with Crippen LogP contribution < -0.4 is 0 Å². The minimum atomic E-state index is -0.103. The number of carbonyl (C=O) groups is 2. The van der Waals surface area contributed by atoms with Gasteiger partial charge in [0.15, 0.2) is 11.6 Å². The molecule has 0 N–H and O–H groups in total. The molecule has 0 aromatic carbocycles. The lowest BCUT2D eigenvalue weighted by molar-refractivity contribution is -0.115. The van der Waals surface area contributed by atoms with Gasteiger partial charge < -0.3 is 0 Å². The molecule has 0 aliphatic heterocycles. The van der Waals surface area contributed by atoms with Gasteiger partial charge in [0.25, 0.3) is 0 Å². The van der Waals surface area contributed by atoms with Crippen molar-refractivity contribution in [1.29, 1.82) is 0 Å². The largest absolute Gasteiger partial charge is 0.290 e. The molecule has 1 aliphatic rings. The highest BCUT2D eigenvalue weighted by atomic mass is 35.5. The third-order valence-corrected chi connectivity index (χ3v) is 2.91. The summed E-state index contributed by atoms with van der Waals surface area (Å²) in [6, 6.07) is 0. The molecule has 2 nitrogen and oxygen atoms in total. The fraction of sp³-hybridized carbons (Fsp3) is 0.500. The Labute approximate surface area is 105 Å². The van der Waals surface area contributed by atoms with E-state index in [4.69, 9.17) is 23.2 Å². The van der Waals surface area contributed by atoms with Gasteiger partial charge in [0.05, 0.1) is 0 Å². The Bertz CT molecular complexity index is 313. The fourth-order valence-electron chi connectivity index (χ4n) is 1.61. The summed E-state index contributed by atoms with van der Waals surface area (Å²) in [5.74, 6) is 0.877. The summed E-state index contributed by atoms with van der Waals surface area (Å²) in [5.41, 5.74) is 1.16. The van der Waals surface area contributed by atoms with Crippen LogP contribution in [0.1, 0.15) is 25.7 Å². The molecule has 1 aliphatic carbocycles. The van der Waals surface area contributed by atoms with Gasteiger partial charge in [-0.15, -0.1) is 23.2 Å². The zero-order chi connectivity index (χ0) is 12.0. The summed E-state index contributed by atoms with van der Waals surface area (Å²) in [6.07, 6.45) is 5.42. The first-order valence-corrected chi connectivity index (χ1v) is 6.37. The molecule has 0 spiro atoms. The van der Waals surface area contributed by atoms with E-state index in [1.54, 1.807) is 0 Å². The SMILES string of the molecule is O=C1C=C(CCCCl)C(=O)C(CCCCl)=C1. The number of Topliss-reactive ketones (excluding diaryl/α,β-unsaturated/α-hetero) is 1. The van der Waals surface area contributed by atoms with Gasteiger partial charge in [-0.1, -0.05) is 0 Å². The molecule has 0 aromatic rings. The standard InChI is InChI=1S/C12H14Cl2O2/c13-5-1-3-9-7-11(15)8-10(12(9)16)4-2-6-14/h7-8H,1-6H2. The zero-order valence-electron chi connectivity index (χ0n) is 8.97. The number of ketones is 2. The lowest BCUT2D eigenvalue weighted by Crippen LogP contribution is -2.14. The first-order valence-electron chi connectivity index (χ1n) is 5.30. The van der Waals surface area contributed by atoms with E-state index in [2.05, 4.69) is 0 Å². The third-order valence-electron chi connectivity index (χ3n) is 2.38. The summed E-state index contributed by atoms with van der Waals surface area (Å²) < 4.78 is 0. The van der Waals surface area contributed by atoms with Crippen molar-refractivity contribution in [3.63, 3.8) is 0 Å². The van der Waals surface area contributed by atoms with Gasteiger partial charge in [-0.25, -0.2) is 0 Å². The van der Waals surface area contributed by atoms with Crippen LogP contribution in [0.15, 0.2) is 23.3 Å². The van der Waals surface area contributed by atoms with E-state index >= 15 is 0 Å². The van der Waals surface area contributed by atoms with Crippen LogP contribution >= 0.6 is 23.2 Å². The second-order valence-electron chi connectivity index (χ2n) is 3.66. The van der Waals surface area contributed by atoms with Gasteiger partial charge in [0, 0.05) is 22.9 Å². The van der Waals surface area contributed by atoms with Crippen molar-refractivity contribution >= 4 is 34.8 Å².